The maximum atomic E-state index is 13.1. The van der Waals surface area contributed by atoms with Crippen LogP contribution in [-0.2, 0) is 16.4 Å². The number of rotatable bonds is 5. The smallest absolute Gasteiger partial charge is 0.270 e. The molecule has 0 saturated carbocycles. The van der Waals surface area contributed by atoms with E-state index in [0.29, 0.717) is 11.3 Å². The molecular formula is C15H14ClFN2O4S. The zero-order chi connectivity index (χ0) is 18.1. The van der Waals surface area contributed by atoms with Crippen molar-refractivity contribution < 1.29 is 17.7 Å². The molecule has 0 saturated heterocycles. The van der Waals surface area contributed by atoms with Crippen LogP contribution in [0.5, 0.6) is 0 Å². The molecule has 0 aromatic heterocycles. The van der Waals surface area contributed by atoms with Crippen LogP contribution in [-0.4, -0.2) is 26.6 Å². The molecule has 0 heterocycles. The Bertz CT molecular complexity index is 902. The molecule has 0 bridgehead atoms. The maximum Gasteiger partial charge on any atom is 0.270 e. The maximum absolute atomic E-state index is 13.1. The third-order valence-corrected chi connectivity index (χ3v) is 4.87. The Hall–Kier alpha value is -2.19. The van der Waals surface area contributed by atoms with Gasteiger partial charge >= 0.3 is 0 Å². The van der Waals surface area contributed by atoms with Gasteiger partial charge in [-0.15, -0.1) is 0 Å². The fourth-order valence-corrected chi connectivity index (χ4v) is 3.38. The average Bonchev–Trinajstić information content (AvgIpc) is 2.48. The topological polar surface area (TPSA) is 80.5 Å². The van der Waals surface area contributed by atoms with Gasteiger partial charge in [0.25, 0.3) is 5.69 Å². The third-order valence-electron chi connectivity index (χ3n) is 3.39. The summed E-state index contributed by atoms with van der Waals surface area (Å²) < 4.78 is 37.1. The SMILES string of the molecule is CN(Cc1ccc(F)cc1Cl)c1ccc([N+](=O)[O-])cc1S(C)(=O)=O. The first-order valence-corrected chi connectivity index (χ1v) is 9.00. The zero-order valence-corrected chi connectivity index (χ0v) is 14.4. The summed E-state index contributed by atoms with van der Waals surface area (Å²) in [6, 6.07) is 7.53. The molecule has 0 radical (unpaired) electrons. The number of nitro benzene ring substituents is 1. The fraction of sp³-hybridized carbons (Fsp3) is 0.200. The molecule has 0 amide bonds. The van der Waals surface area contributed by atoms with E-state index < -0.39 is 20.6 Å². The fourth-order valence-electron chi connectivity index (χ4n) is 2.22. The third kappa shape index (κ3) is 4.01. The van der Waals surface area contributed by atoms with Crippen LogP contribution in [0.2, 0.25) is 5.02 Å². The van der Waals surface area contributed by atoms with Gasteiger partial charge < -0.3 is 4.90 Å². The summed E-state index contributed by atoms with van der Waals surface area (Å²) in [4.78, 5) is 11.6. The molecule has 128 valence electrons. The van der Waals surface area contributed by atoms with Crippen molar-refractivity contribution in [3.8, 4) is 0 Å². The molecule has 9 heteroatoms. The molecule has 0 unspecified atom stereocenters. The Morgan fingerprint density at radius 2 is 1.92 bits per heavy atom. The van der Waals surface area contributed by atoms with Gasteiger partial charge in [0.05, 0.1) is 15.5 Å². The molecule has 0 fully saturated rings. The second-order valence-corrected chi connectivity index (χ2v) is 7.66. The van der Waals surface area contributed by atoms with Crippen molar-refractivity contribution in [1.82, 2.24) is 0 Å². The molecule has 2 aromatic rings. The molecular weight excluding hydrogens is 359 g/mol. The number of hydrogen-bond acceptors (Lipinski definition) is 5. The van der Waals surface area contributed by atoms with Crippen LogP contribution in [0.15, 0.2) is 41.3 Å². The predicted octanol–water partition coefficient (Wildman–Crippen LogP) is 3.43. The molecule has 0 aliphatic rings. The van der Waals surface area contributed by atoms with Crippen LogP contribution in [0, 0.1) is 15.9 Å². The minimum Gasteiger partial charge on any atom is -0.369 e. The molecule has 2 rings (SSSR count). The second kappa shape index (κ2) is 6.74. The lowest BCUT2D eigenvalue weighted by Gasteiger charge is -2.22. The summed E-state index contributed by atoms with van der Waals surface area (Å²) in [5.74, 6) is -0.474. The zero-order valence-electron chi connectivity index (χ0n) is 12.9. The Balaban J connectivity index is 2.45. The highest BCUT2D eigenvalue weighted by molar-refractivity contribution is 7.90. The van der Waals surface area contributed by atoms with Crippen LogP contribution >= 0.6 is 11.6 Å². The van der Waals surface area contributed by atoms with E-state index in [1.165, 1.54) is 24.3 Å². The highest BCUT2D eigenvalue weighted by Gasteiger charge is 2.21. The van der Waals surface area contributed by atoms with Gasteiger partial charge in [0.1, 0.15) is 5.82 Å². The van der Waals surface area contributed by atoms with Crippen molar-refractivity contribution in [2.45, 2.75) is 11.4 Å². The Kier molecular flexibility index (Phi) is 5.10. The van der Waals surface area contributed by atoms with E-state index in [9.17, 15) is 22.9 Å². The van der Waals surface area contributed by atoms with Crippen LogP contribution in [0.1, 0.15) is 5.56 Å². The highest BCUT2D eigenvalue weighted by Crippen LogP contribution is 2.30. The van der Waals surface area contributed by atoms with E-state index in [2.05, 4.69) is 0 Å². The van der Waals surface area contributed by atoms with E-state index in [0.717, 1.165) is 18.4 Å². The average molecular weight is 373 g/mol. The predicted molar refractivity (Wildman–Crippen MR) is 89.7 cm³/mol. The van der Waals surface area contributed by atoms with E-state index in [4.69, 9.17) is 11.6 Å². The van der Waals surface area contributed by atoms with Crippen LogP contribution in [0.3, 0.4) is 0 Å². The summed E-state index contributed by atoms with van der Waals surface area (Å²) in [6.07, 6.45) is 0.980. The molecule has 0 aliphatic heterocycles. The van der Waals surface area contributed by atoms with Gasteiger partial charge in [-0.2, -0.15) is 0 Å². The molecule has 0 atom stereocenters. The number of anilines is 1. The highest BCUT2D eigenvalue weighted by atomic mass is 35.5. The Morgan fingerprint density at radius 3 is 2.46 bits per heavy atom. The summed E-state index contributed by atoms with van der Waals surface area (Å²) >= 11 is 5.98. The molecule has 0 N–H and O–H groups in total. The minimum absolute atomic E-state index is 0.155. The van der Waals surface area contributed by atoms with Crippen LogP contribution in [0.4, 0.5) is 15.8 Å². The number of sulfone groups is 1. The van der Waals surface area contributed by atoms with Crippen molar-refractivity contribution in [3.05, 3.63) is 62.9 Å². The lowest BCUT2D eigenvalue weighted by Crippen LogP contribution is -2.19. The number of hydrogen-bond donors (Lipinski definition) is 0. The lowest BCUT2D eigenvalue weighted by atomic mass is 10.2. The van der Waals surface area contributed by atoms with Gasteiger partial charge in [0.15, 0.2) is 9.84 Å². The summed E-state index contributed by atoms with van der Waals surface area (Å²) in [5, 5.41) is 11.1. The second-order valence-electron chi connectivity index (χ2n) is 5.27. The first kappa shape index (κ1) is 18.2. The quantitative estimate of drug-likeness (QED) is 0.593. The summed E-state index contributed by atoms with van der Waals surface area (Å²) in [5.41, 5.74) is 0.578. The largest absolute Gasteiger partial charge is 0.369 e. The van der Waals surface area contributed by atoms with Crippen molar-refractivity contribution in [1.29, 1.82) is 0 Å². The van der Waals surface area contributed by atoms with E-state index in [1.54, 1.807) is 11.9 Å². The first-order valence-electron chi connectivity index (χ1n) is 6.73. The minimum atomic E-state index is -3.68. The van der Waals surface area contributed by atoms with E-state index >= 15 is 0 Å². The van der Waals surface area contributed by atoms with Gasteiger partial charge in [-0.1, -0.05) is 17.7 Å². The van der Waals surface area contributed by atoms with Gasteiger partial charge in [0.2, 0.25) is 0 Å². The van der Waals surface area contributed by atoms with Crippen molar-refractivity contribution >= 4 is 32.8 Å². The number of nitro groups is 1. The van der Waals surface area contributed by atoms with Crippen molar-refractivity contribution in [2.75, 3.05) is 18.2 Å². The first-order chi connectivity index (χ1) is 11.1. The Morgan fingerprint density at radius 1 is 1.25 bits per heavy atom. The van der Waals surface area contributed by atoms with Gasteiger partial charge in [-0.25, -0.2) is 12.8 Å². The lowest BCUT2D eigenvalue weighted by molar-refractivity contribution is -0.385. The molecule has 0 aliphatic carbocycles. The summed E-state index contributed by atoms with van der Waals surface area (Å²) in [7, 11) is -2.06. The van der Waals surface area contributed by atoms with E-state index in [1.807, 2.05) is 0 Å². The Labute approximate surface area is 143 Å². The standard InChI is InChI=1S/C15H14ClFN2O4S/c1-18(9-10-3-4-11(17)7-13(10)16)14-6-5-12(19(20)21)8-15(14)24(2,22)23/h3-8H,9H2,1-2H3. The summed E-state index contributed by atoms with van der Waals surface area (Å²) in [6.45, 7) is 0.208. The normalized spacial score (nSPS) is 11.3. The molecule has 6 nitrogen and oxygen atoms in total. The monoisotopic (exact) mass is 372 g/mol. The number of nitrogens with zero attached hydrogens (tertiary/aromatic N) is 2. The molecule has 24 heavy (non-hydrogen) atoms. The number of non-ortho nitro benzene ring substituents is 1. The van der Waals surface area contributed by atoms with Crippen LogP contribution in [0.25, 0.3) is 0 Å². The van der Waals surface area contributed by atoms with Crippen molar-refractivity contribution in [2.24, 2.45) is 0 Å². The van der Waals surface area contributed by atoms with Gasteiger partial charge in [-0.05, 0) is 23.8 Å². The van der Waals surface area contributed by atoms with Gasteiger partial charge in [0, 0.05) is 37.0 Å². The van der Waals surface area contributed by atoms with Crippen LogP contribution < -0.4 is 4.90 Å². The number of benzene rings is 2. The molecule has 2 aromatic carbocycles. The van der Waals surface area contributed by atoms with E-state index in [-0.39, 0.29) is 22.2 Å². The van der Waals surface area contributed by atoms with Crippen molar-refractivity contribution in [3.63, 3.8) is 0 Å². The molecule has 0 spiro atoms. The number of halogens is 2. The van der Waals surface area contributed by atoms with Gasteiger partial charge in [-0.3, -0.25) is 10.1 Å².